The smallest absolute Gasteiger partial charge is 0.0233 e. The Kier molecular flexibility index (Phi) is 3.08. The van der Waals surface area contributed by atoms with Crippen molar-refractivity contribution in [3.8, 4) is 0 Å². The first kappa shape index (κ1) is 10.7. The summed E-state index contributed by atoms with van der Waals surface area (Å²) in [5, 5.41) is 0. The number of benzene rings is 1. The number of nitrogens with zero attached hydrogens (tertiary/aromatic N) is 1. The number of aryl methyl sites for hydroxylation is 1. The first-order valence-electron chi connectivity index (χ1n) is 5.66. The molecule has 0 aliphatic heterocycles. The Morgan fingerprint density at radius 1 is 1.40 bits per heavy atom. The van der Waals surface area contributed by atoms with Crippen molar-refractivity contribution in [3.05, 3.63) is 35.4 Å². The van der Waals surface area contributed by atoms with Gasteiger partial charge in [0.15, 0.2) is 0 Å². The summed E-state index contributed by atoms with van der Waals surface area (Å²) < 4.78 is 0. The van der Waals surface area contributed by atoms with Gasteiger partial charge in [-0.05, 0) is 32.4 Å². The molecule has 0 saturated heterocycles. The molecule has 1 fully saturated rings. The Morgan fingerprint density at radius 2 is 2.13 bits per heavy atom. The van der Waals surface area contributed by atoms with Gasteiger partial charge in [-0.3, -0.25) is 4.90 Å². The molecule has 2 rings (SSSR count). The fraction of sp³-hybridized carbons (Fsp3) is 0.538. The van der Waals surface area contributed by atoms with E-state index in [2.05, 4.69) is 43.1 Å². The third-order valence-electron chi connectivity index (χ3n) is 3.29. The normalized spacial score (nSPS) is 25.3. The van der Waals surface area contributed by atoms with Crippen LogP contribution in [0.5, 0.6) is 0 Å². The highest BCUT2D eigenvalue weighted by Crippen LogP contribution is 2.24. The van der Waals surface area contributed by atoms with Crippen molar-refractivity contribution in [2.75, 3.05) is 7.05 Å². The van der Waals surface area contributed by atoms with Gasteiger partial charge in [0.25, 0.3) is 0 Å². The van der Waals surface area contributed by atoms with Crippen LogP contribution in [0.3, 0.4) is 0 Å². The highest BCUT2D eigenvalue weighted by atomic mass is 15.1. The molecule has 2 N–H and O–H groups in total. The molecule has 0 heterocycles. The van der Waals surface area contributed by atoms with E-state index in [1.807, 2.05) is 0 Å². The van der Waals surface area contributed by atoms with Crippen molar-refractivity contribution in [2.24, 2.45) is 5.73 Å². The quantitative estimate of drug-likeness (QED) is 0.815. The maximum atomic E-state index is 5.80. The first-order chi connectivity index (χ1) is 7.15. The van der Waals surface area contributed by atoms with Crippen LogP contribution < -0.4 is 5.73 Å². The van der Waals surface area contributed by atoms with Gasteiger partial charge in [-0.25, -0.2) is 0 Å². The monoisotopic (exact) mass is 204 g/mol. The highest BCUT2D eigenvalue weighted by Gasteiger charge is 2.28. The molecular formula is C13H20N2. The number of nitrogens with two attached hydrogens (primary N) is 1. The van der Waals surface area contributed by atoms with Crippen LogP contribution in [0.4, 0.5) is 0 Å². The molecule has 1 aliphatic rings. The van der Waals surface area contributed by atoms with Gasteiger partial charge in [0.2, 0.25) is 0 Å². The minimum atomic E-state index is 0.440. The average Bonchev–Trinajstić information content (AvgIpc) is 2.13. The zero-order valence-corrected chi connectivity index (χ0v) is 9.61. The number of hydrogen-bond donors (Lipinski definition) is 1. The lowest BCUT2D eigenvalue weighted by molar-refractivity contribution is 0.132. The molecule has 1 saturated carbocycles. The third-order valence-corrected chi connectivity index (χ3v) is 3.29. The van der Waals surface area contributed by atoms with Gasteiger partial charge in [-0.1, -0.05) is 29.8 Å². The molecule has 0 radical (unpaired) electrons. The van der Waals surface area contributed by atoms with Crippen LogP contribution >= 0.6 is 0 Å². The van der Waals surface area contributed by atoms with Crippen LogP contribution in [0, 0.1) is 6.92 Å². The second-order valence-electron chi connectivity index (χ2n) is 4.79. The van der Waals surface area contributed by atoms with Gasteiger partial charge in [0.05, 0.1) is 0 Å². The summed E-state index contributed by atoms with van der Waals surface area (Å²) in [5.74, 6) is 0. The van der Waals surface area contributed by atoms with Gasteiger partial charge < -0.3 is 5.73 Å². The molecular weight excluding hydrogens is 184 g/mol. The SMILES string of the molecule is Cc1cccc(CN(C)C2CC(N)C2)c1. The van der Waals surface area contributed by atoms with Crippen molar-refractivity contribution >= 4 is 0 Å². The zero-order chi connectivity index (χ0) is 10.8. The molecule has 1 aromatic carbocycles. The van der Waals surface area contributed by atoms with Gasteiger partial charge in [0, 0.05) is 18.6 Å². The topological polar surface area (TPSA) is 29.3 Å². The largest absolute Gasteiger partial charge is 0.328 e. The molecule has 15 heavy (non-hydrogen) atoms. The van der Waals surface area contributed by atoms with E-state index in [4.69, 9.17) is 5.73 Å². The Hall–Kier alpha value is -0.860. The van der Waals surface area contributed by atoms with E-state index in [1.165, 1.54) is 11.1 Å². The summed E-state index contributed by atoms with van der Waals surface area (Å²) in [6.07, 6.45) is 2.31. The van der Waals surface area contributed by atoms with Crippen molar-refractivity contribution in [1.29, 1.82) is 0 Å². The van der Waals surface area contributed by atoms with Crippen LogP contribution in [0.25, 0.3) is 0 Å². The fourth-order valence-corrected chi connectivity index (χ4v) is 2.22. The molecule has 0 aromatic heterocycles. The summed E-state index contributed by atoms with van der Waals surface area (Å²) >= 11 is 0. The minimum absolute atomic E-state index is 0.440. The zero-order valence-electron chi connectivity index (χ0n) is 9.61. The van der Waals surface area contributed by atoms with E-state index in [-0.39, 0.29) is 0 Å². The summed E-state index contributed by atoms with van der Waals surface area (Å²) in [4.78, 5) is 2.41. The molecule has 1 aromatic rings. The Labute approximate surface area is 92.1 Å². The third kappa shape index (κ3) is 2.58. The fourth-order valence-electron chi connectivity index (χ4n) is 2.22. The standard InChI is InChI=1S/C13H20N2/c1-10-4-3-5-11(6-10)9-15(2)13-7-12(14)8-13/h3-6,12-13H,7-9,14H2,1-2H3. The lowest BCUT2D eigenvalue weighted by Gasteiger charge is -2.39. The first-order valence-corrected chi connectivity index (χ1v) is 5.66. The van der Waals surface area contributed by atoms with Crippen molar-refractivity contribution in [1.82, 2.24) is 4.90 Å². The maximum Gasteiger partial charge on any atom is 0.0233 e. The number of rotatable bonds is 3. The molecule has 0 atom stereocenters. The Balaban J connectivity index is 1.91. The van der Waals surface area contributed by atoms with E-state index in [0.717, 1.165) is 19.4 Å². The van der Waals surface area contributed by atoms with Gasteiger partial charge in [-0.15, -0.1) is 0 Å². The minimum Gasteiger partial charge on any atom is -0.328 e. The van der Waals surface area contributed by atoms with Gasteiger partial charge in [-0.2, -0.15) is 0 Å². The van der Waals surface area contributed by atoms with E-state index < -0.39 is 0 Å². The van der Waals surface area contributed by atoms with E-state index >= 15 is 0 Å². The molecule has 0 spiro atoms. The highest BCUT2D eigenvalue weighted by molar-refractivity contribution is 5.22. The van der Waals surface area contributed by atoms with Crippen LogP contribution in [-0.2, 0) is 6.54 Å². The Bertz CT molecular complexity index is 329. The Morgan fingerprint density at radius 3 is 2.73 bits per heavy atom. The molecule has 2 nitrogen and oxygen atoms in total. The summed E-state index contributed by atoms with van der Waals surface area (Å²) in [6.45, 7) is 3.18. The summed E-state index contributed by atoms with van der Waals surface area (Å²) in [6, 6.07) is 9.86. The molecule has 1 aliphatic carbocycles. The lowest BCUT2D eigenvalue weighted by Crippen LogP contribution is -2.48. The van der Waals surface area contributed by atoms with Gasteiger partial charge >= 0.3 is 0 Å². The number of hydrogen-bond acceptors (Lipinski definition) is 2. The van der Waals surface area contributed by atoms with E-state index in [0.29, 0.717) is 12.1 Å². The lowest BCUT2D eigenvalue weighted by atomic mass is 9.86. The van der Waals surface area contributed by atoms with Crippen LogP contribution in [-0.4, -0.2) is 24.0 Å². The molecule has 0 unspecified atom stereocenters. The van der Waals surface area contributed by atoms with Crippen LogP contribution in [0.15, 0.2) is 24.3 Å². The van der Waals surface area contributed by atoms with Crippen LogP contribution in [0.2, 0.25) is 0 Å². The maximum absolute atomic E-state index is 5.80. The van der Waals surface area contributed by atoms with Gasteiger partial charge in [0.1, 0.15) is 0 Å². The van der Waals surface area contributed by atoms with Crippen molar-refractivity contribution < 1.29 is 0 Å². The average molecular weight is 204 g/mol. The second kappa shape index (κ2) is 4.33. The molecule has 2 heteroatoms. The molecule has 0 bridgehead atoms. The van der Waals surface area contributed by atoms with Crippen LogP contribution in [0.1, 0.15) is 24.0 Å². The second-order valence-corrected chi connectivity index (χ2v) is 4.79. The summed E-state index contributed by atoms with van der Waals surface area (Å²) in [7, 11) is 2.19. The molecule has 0 amide bonds. The van der Waals surface area contributed by atoms with Crippen molar-refractivity contribution in [2.45, 2.75) is 38.4 Å². The summed E-state index contributed by atoms with van der Waals surface area (Å²) in [5.41, 5.74) is 8.54. The van der Waals surface area contributed by atoms with E-state index in [9.17, 15) is 0 Å². The predicted octanol–water partition coefficient (Wildman–Crippen LogP) is 1.92. The van der Waals surface area contributed by atoms with E-state index in [1.54, 1.807) is 0 Å². The predicted molar refractivity (Wildman–Crippen MR) is 63.6 cm³/mol. The van der Waals surface area contributed by atoms with Crippen molar-refractivity contribution in [3.63, 3.8) is 0 Å². The molecule has 82 valence electrons.